The number of benzene rings is 1. The molecule has 0 N–H and O–H groups in total. The number of rotatable bonds is 4. The molecule has 1 fully saturated rings. The van der Waals surface area contributed by atoms with E-state index >= 15 is 0 Å². The molecule has 0 saturated carbocycles. The summed E-state index contributed by atoms with van der Waals surface area (Å²) in [6.07, 6.45) is 0. The Balaban J connectivity index is 2.14. The highest BCUT2D eigenvalue weighted by atomic mass is 127. The minimum Gasteiger partial charge on any atom is -0.281 e. The van der Waals surface area contributed by atoms with Crippen LogP contribution < -0.4 is 0 Å². The smallest absolute Gasteiger partial charge is 0.166 e. The van der Waals surface area contributed by atoms with Crippen LogP contribution in [-0.2, 0) is 16.4 Å². The lowest BCUT2D eigenvalue weighted by Crippen LogP contribution is -2.47. The van der Waals surface area contributed by atoms with Gasteiger partial charge >= 0.3 is 0 Å². The third-order valence-electron chi connectivity index (χ3n) is 3.31. The van der Waals surface area contributed by atoms with Gasteiger partial charge in [-0.3, -0.25) is 4.90 Å². The molecule has 6 heteroatoms. The fourth-order valence-corrected chi connectivity index (χ4v) is 5.58. The minimum absolute atomic E-state index is 0.224. The van der Waals surface area contributed by atoms with Crippen LogP contribution in [0.3, 0.4) is 0 Å². The van der Waals surface area contributed by atoms with Crippen LogP contribution in [0.4, 0.5) is 0 Å². The lowest BCUT2D eigenvalue weighted by Gasteiger charge is -2.34. The number of halogens is 1. The Morgan fingerprint density at radius 2 is 2.05 bits per heavy atom. The number of hydrogen-bond donors (Lipinski definition) is 0. The molecule has 1 aromatic rings. The summed E-state index contributed by atoms with van der Waals surface area (Å²) < 4.78 is 25.5. The predicted molar refractivity (Wildman–Crippen MR) is 90.1 cm³/mol. The first-order valence-electron chi connectivity index (χ1n) is 6.30. The summed E-state index contributed by atoms with van der Waals surface area (Å²) in [7, 11) is -3.00. The topological polar surface area (TPSA) is 37.4 Å². The molecule has 0 spiro atoms. The zero-order chi connectivity index (χ0) is 13.9. The summed E-state index contributed by atoms with van der Waals surface area (Å²) in [5.41, 5.74) is 1.18. The number of nitrogens with zero attached hydrogens (tertiary/aromatic N) is 1. The fraction of sp³-hybridized carbons (Fsp3) is 0.538. The molecule has 1 unspecified atom stereocenters. The van der Waals surface area contributed by atoms with E-state index in [4.69, 9.17) is 0 Å². The average molecular weight is 411 g/mol. The van der Waals surface area contributed by atoms with Crippen molar-refractivity contribution in [3.63, 3.8) is 0 Å². The zero-order valence-corrected chi connectivity index (χ0v) is 14.7. The summed E-state index contributed by atoms with van der Waals surface area (Å²) >= 11 is 4.02. The molecule has 3 nitrogen and oxygen atoms in total. The van der Waals surface area contributed by atoms with Gasteiger partial charge < -0.3 is 0 Å². The van der Waals surface area contributed by atoms with Crippen LogP contribution in [0.2, 0.25) is 0 Å². The molecule has 1 atom stereocenters. The SMILES string of the molecule is CCS(=O)(=O)C1CSCCN1Cc1ccc(I)cc1. The Labute approximate surface area is 133 Å². The van der Waals surface area contributed by atoms with E-state index in [-0.39, 0.29) is 11.1 Å². The van der Waals surface area contributed by atoms with Crippen LogP contribution in [0.1, 0.15) is 12.5 Å². The standard InChI is InChI=1S/C13H18INO2S2/c1-2-19(16,17)13-10-18-8-7-15(13)9-11-3-5-12(14)6-4-11/h3-6,13H,2,7-10H2,1H3. The van der Waals surface area contributed by atoms with E-state index in [0.717, 1.165) is 18.8 Å². The van der Waals surface area contributed by atoms with Crippen LogP contribution in [0, 0.1) is 3.57 Å². The highest BCUT2D eigenvalue weighted by Gasteiger charge is 2.32. The highest BCUT2D eigenvalue weighted by Crippen LogP contribution is 2.23. The second-order valence-corrected chi connectivity index (χ2v) is 9.42. The van der Waals surface area contributed by atoms with Gasteiger partial charge in [-0.05, 0) is 40.3 Å². The summed E-state index contributed by atoms with van der Waals surface area (Å²) in [6, 6.07) is 8.30. The molecule has 1 aliphatic heterocycles. The van der Waals surface area contributed by atoms with E-state index in [2.05, 4.69) is 51.8 Å². The van der Waals surface area contributed by atoms with E-state index in [0.29, 0.717) is 5.75 Å². The lowest BCUT2D eigenvalue weighted by atomic mass is 10.2. The Morgan fingerprint density at radius 3 is 2.68 bits per heavy atom. The van der Waals surface area contributed by atoms with Gasteiger partial charge in [0.05, 0.1) is 0 Å². The normalized spacial score (nSPS) is 21.5. The largest absolute Gasteiger partial charge is 0.281 e. The molecule has 1 aliphatic rings. The van der Waals surface area contributed by atoms with Crippen molar-refractivity contribution >= 4 is 44.2 Å². The van der Waals surface area contributed by atoms with Gasteiger partial charge in [0.2, 0.25) is 0 Å². The van der Waals surface area contributed by atoms with Crippen LogP contribution >= 0.6 is 34.4 Å². The second-order valence-electron chi connectivity index (χ2n) is 4.58. The number of sulfone groups is 1. The molecule has 0 radical (unpaired) electrons. The lowest BCUT2D eigenvalue weighted by molar-refractivity contribution is 0.261. The van der Waals surface area contributed by atoms with Crippen molar-refractivity contribution in [3.05, 3.63) is 33.4 Å². The van der Waals surface area contributed by atoms with E-state index in [1.54, 1.807) is 18.7 Å². The molecule has 19 heavy (non-hydrogen) atoms. The number of hydrogen-bond acceptors (Lipinski definition) is 4. The summed E-state index contributed by atoms with van der Waals surface area (Å²) in [6.45, 7) is 3.31. The molecule has 0 amide bonds. The van der Waals surface area contributed by atoms with Crippen molar-refractivity contribution in [1.82, 2.24) is 4.90 Å². The Hall–Kier alpha value is 0.210. The maximum atomic E-state index is 12.2. The summed E-state index contributed by atoms with van der Waals surface area (Å²) in [5, 5.41) is -0.324. The van der Waals surface area contributed by atoms with Crippen LogP contribution in [0.25, 0.3) is 0 Å². The molecule has 0 aliphatic carbocycles. The van der Waals surface area contributed by atoms with E-state index in [1.807, 2.05) is 0 Å². The van der Waals surface area contributed by atoms with Gasteiger partial charge in [0.1, 0.15) is 5.37 Å². The molecule has 0 bridgehead atoms. The second kappa shape index (κ2) is 6.78. The first-order valence-corrected chi connectivity index (χ1v) is 10.3. The molecule has 1 aromatic carbocycles. The van der Waals surface area contributed by atoms with Gasteiger partial charge in [-0.15, -0.1) is 0 Å². The van der Waals surface area contributed by atoms with Gasteiger partial charge in [-0.2, -0.15) is 11.8 Å². The Bertz CT molecular complexity index is 516. The monoisotopic (exact) mass is 411 g/mol. The molecular weight excluding hydrogens is 393 g/mol. The quantitative estimate of drug-likeness (QED) is 0.714. The third kappa shape index (κ3) is 4.09. The van der Waals surface area contributed by atoms with E-state index in [9.17, 15) is 8.42 Å². The van der Waals surface area contributed by atoms with Crippen molar-refractivity contribution in [2.24, 2.45) is 0 Å². The maximum Gasteiger partial charge on any atom is 0.166 e. The van der Waals surface area contributed by atoms with Gasteiger partial charge in [0, 0.05) is 33.9 Å². The van der Waals surface area contributed by atoms with Crippen molar-refractivity contribution in [2.45, 2.75) is 18.8 Å². The van der Waals surface area contributed by atoms with Crippen LogP contribution in [-0.4, -0.2) is 42.5 Å². The van der Waals surface area contributed by atoms with Gasteiger partial charge in [-0.1, -0.05) is 19.1 Å². The Morgan fingerprint density at radius 1 is 1.37 bits per heavy atom. The first-order chi connectivity index (χ1) is 9.03. The molecular formula is C13H18INO2S2. The van der Waals surface area contributed by atoms with Crippen LogP contribution in [0.5, 0.6) is 0 Å². The molecule has 2 rings (SSSR count). The fourth-order valence-electron chi connectivity index (χ4n) is 2.14. The molecule has 106 valence electrons. The van der Waals surface area contributed by atoms with E-state index < -0.39 is 9.84 Å². The van der Waals surface area contributed by atoms with E-state index in [1.165, 1.54) is 9.13 Å². The van der Waals surface area contributed by atoms with Crippen molar-refractivity contribution in [1.29, 1.82) is 0 Å². The highest BCUT2D eigenvalue weighted by molar-refractivity contribution is 14.1. The zero-order valence-electron chi connectivity index (χ0n) is 10.9. The molecule has 1 saturated heterocycles. The average Bonchev–Trinajstić information content (AvgIpc) is 2.42. The molecule has 1 heterocycles. The van der Waals surface area contributed by atoms with Crippen LogP contribution in [0.15, 0.2) is 24.3 Å². The van der Waals surface area contributed by atoms with Gasteiger partial charge in [0.25, 0.3) is 0 Å². The number of thioether (sulfide) groups is 1. The van der Waals surface area contributed by atoms with Crippen molar-refractivity contribution in [3.8, 4) is 0 Å². The van der Waals surface area contributed by atoms with Crippen molar-refractivity contribution in [2.75, 3.05) is 23.8 Å². The van der Waals surface area contributed by atoms with Gasteiger partial charge in [0.15, 0.2) is 9.84 Å². The minimum atomic E-state index is -3.00. The maximum absolute atomic E-state index is 12.2. The third-order valence-corrected chi connectivity index (χ3v) is 7.36. The van der Waals surface area contributed by atoms with Gasteiger partial charge in [-0.25, -0.2) is 8.42 Å². The first kappa shape index (κ1) is 15.6. The summed E-state index contributed by atoms with van der Waals surface area (Å²) in [4.78, 5) is 2.11. The molecule has 0 aromatic heterocycles. The van der Waals surface area contributed by atoms with Crippen molar-refractivity contribution < 1.29 is 8.42 Å². The predicted octanol–water partition coefficient (Wildman–Crippen LogP) is 2.60. The summed E-state index contributed by atoms with van der Waals surface area (Å²) in [5.74, 6) is 1.93. The Kier molecular flexibility index (Phi) is 5.56.